The fourth-order valence-corrected chi connectivity index (χ4v) is 13.7. The molecule has 7 fully saturated rings. The predicted octanol–water partition coefficient (Wildman–Crippen LogP) is 3.47. The van der Waals surface area contributed by atoms with Crippen LogP contribution in [0.25, 0.3) is 0 Å². The highest BCUT2D eigenvalue weighted by Crippen LogP contribution is 2.89. The molecule has 7 aliphatic rings. The van der Waals surface area contributed by atoms with E-state index in [4.69, 9.17) is 18.9 Å². The van der Waals surface area contributed by atoms with Crippen LogP contribution in [0.15, 0.2) is 0 Å². The van der Waals surface area contributed by atoms with Crippen LogP contribution in [0.1, 0.15) is 113 Å². The first-order valence-electron chi connectivity index (χ1n) is 18.2. The van der Waals surface area contributed by atoms with Crippen LogP contribution in [-0.2, 0) is 23.7 Å². The lowest BCUT2D eigenvalue weighted by molar-refractivity contribution is -0.303. The van der Waals surface area contributed by atoms with E-state index in [2.05, 4.69) is 34.6 Å². The van der Waals surface area contributed by atoms with Gasteiger partial charge in [-0.2, -0.15) is 0 Å². The second-order valence-corrected chi connectivity index (χ2v) is 18.8. The molecule has 2 spiro atoms. The van der Waals surface area contributed by atoms with Gasteiger partial charge in [0.15, 0.2) is 6.29 Å². The van der Waals surface area contributed by atoms with E-state index in [0.717, 1.165) is 38.5 Å². The summed E-state index contributed by atoms with van der Waals surface area (Å²) in [6.07, 6.45) is 1.43. The molecule has 0 aromatic rings. The zero-order valence-electron chi connectivity index (χ0n) is 29.7. The topological polar surface area (TPSA) is 155 Å². The minimum Gasteiger partial charge on any atom is -0.462 e. The van der Waals surface area contributed by atoms with Gasteiger partial charge in [0, 0.05) is 18.3 Å². The zero-order valence-corrected chi connectivity index (χ0v) is 29.7. The van der Waals surface area contributed by atoms with Crippen molar-refractivity contribution in [3.05, 3.63) is 0 Å². The maximum atomic E-state index is 12.6. The SMILES string of the molecule is CC(=O)O[C@@H]1C[C@@]2(C)[C@@H]3CC[C@H]4C(C)(C)[C@H](O[C@H]5OC[C@@H](O)[C@@H](O)[C@@H]5O)CC[C@@]45C[C@@]35C[C@H](O)[C@@]2(C)[C@H]1[C@@]1(C)CC[C@@H](C(C)(C)O)O1. The van der Waals surface area contributed by atoms with Gasteiger partial charge in [-0.25, -0.2) is 0 Å². The minimum atomic E-state index is -1.32. The number of fused-ring (bicyclic) bond motifs is 2. The third kappa shape index (κ3) is 4.54. The van der Waals surface area contributed by atoms with Gasteiger partial charge in [0.1, 0.15) is 24.4 Å². The highest BCUT2D eigenvalue weighted by atomic mass is 16.7. The lowest BCUT2D eigenvalue weighted by atomic mass is 9.41. The normalized spacial score (nSPS) is 56.6. The Balaban J connectivity index is 1.19. The summed E-state index contributed by atoms with van der Waals surface area (Å²) in [5.74, 6) is 0.182. The van der Waals surface area contributed by atoms with Crippen LogP contribution in [0.3, 0.4) is 0 Å². The summed E-state index contributed by atoms with van der Waals surface area (Å²) >= 11 is 0. The fourth-order valence-electron chi connectivity index (χ4n) is 13.7. The van der Waals surface area contributed by atoms with E-state index in [9.17, 15) is 30.3 Å². The maximum absolute atomic E-state index is 12.6. The first-order chi connectivity index (χ1) is 21.7. The second kappa shape index (κ2) is 10.6. The summed E-state index contributed by atoms with van der Waals surface area (Å²) in [5.41, 5.74) is -2.69. The Labute approximate surface area is 279 Å². The van der Waals surface area contributed by atoms with Gasteiger partial charge in [-0.15, -0.1) is 0 Å². The van der Waals surface area contributed by atoms with Crippen LogP contribution >= 0.6 is 0 Å². The molecule has 47 heavy (non-hydrogen) atoms. The monoisotopic (exact) mass is 664 g/mol. The van der Waals surface area contributed by atoms with Crippen molar-refractivity contribution in [1.82, 2.24) is 0 Å². The molecule has 16 atom stereocenters. The number of aliphatic hydroxyl groups excluding tert-OH is 4. The predicted molar refractivity (Wildman–Crippen MR) is 171 cm³/mol. The Morgan fingerprint density at radius 2 is 1.55 bits per heavy atom. The third-order valence-corrected chi connectivity index (χ3v) is 15.9. The molecule has 2 aliphatic heterocycles. The van der Waals surface area contributed by atoms with Crippen molar-refractivity contribution in [2.24, 2.45) is 44.8 Å². The number of carbonyl (C=O) groups excluding carboxylic acids is 1. The Morgan fingerprint density at radius 3 is 2.19 bits per heavy atom. The molecule has 0 radical (unpaired) electrons. The number of carbonyl (C=O) groups is 1. The van der Waals surface area contributed by atoms with Crippen molar-refractivity contribution in [3.8, 4) is 0 Å². The largest absolute Gasteiger partial charge is 0.462 e. The third-order valence-electron chi connectivity index (χ3n) is 15.9. The Morgan fingerprint density at radius 1 is 0.872 bits per heavy atom. The van der Waals surface area contributed by atoms with Crippen LogP contribution in [0.4, 0.5) is 0 Å². The molecule has 268 valence electrons. The van der Waals surface area contributed by atoms with Gasteiger partial charge < -0.3 is 44.5 Å². The van der Waals surface area contributed by atoms with Crippen LogP contribution in [0.2, 0.25) is 0 Å². The fraction of sp³-hybridized carbons (Fsp3) is 0.973. The number of esters is 1. The molecule has 5 saturated carbocycles. The van der Waals surface area contributed by atoms with Crippen molar-refractivity contribution in [1.29, 1.82) is 0 Å². The summed E-state index contributed by atoms with van der Waals surface area (Å²) in [6.45, 7) is 16.2. The minimum absolute atomic E-state index is 0.0181. The lowest BCUT2D eigenvalue weighted by Crippen LogP contribution is -2.64. The molecule has 5 N–H and O–H groups in total. The molecular formula is C37H60O10. The molecule has 0 aromatic heterocycles. The standard InChI is InChI=1S/C37H60O10/c1-19(38)45-21-15-33(6)23-10-9-22-31(2,3)25(46-30-28(42)27(41)20(39)17-44-30)12-14-36(22)18-37(23,36)16-24(40)35(33,8)29(21)34(7)13-11-26(47-34)32(4,5)43/h20-30,39-43H,9-18H2,1-8H3/t20-,21-,22+,23+,24+,25-,26+,27-,28+,29-,30-,33+,34-,35+,36-,37+/m1/s1. The van der Waals surface area contributed by atoms with Gasteiger partial charge in [-0.05, 0) is 112 Å². The Bertz CT molecular complexity index is 1270. The molecule has 2 saturated heterocycles. The number of aliphatic hydroxyl groups is 5. The summed E-state index contributed by atoms with van der Waals surface area (Å²) in [7, 11) is 0. The van der Waals surface area contributed by atoms with Crippen LogP contribution in [0, 0.1) is 44.8 Å². The Hall–Kier alpha value is -0.850. The lowest BCUT2D eigenvalue weighted by Gasteiger charge is -2.65. The van der Waals surface area contributed by atoms with E-state index in [0.29, 0.717) is 31.1 Å². The van der Waals surface area contributed by atoms with Crippen molar-refractivity contribution >= 4 is 5.97 Å². The van der Waals surface area contributed by atoms with Gasteiger partial charge in [-0.3, -0.25) is 4.79 Å². The average molecular weight is 665 g/mol. The molecule has 2 heterocycles. The van der Waals surface area contributed by atoms with Crippen molar-refractivity contribution in [3.63, 3.8) is 0 Å². The number of ether oxygens (including phenoxy) is 4. The van der Waals surface area contributed by atoms with Crippen molar-refractivity contribution in [2.45, 2.75) is 173 Å². The smallest absolute Gasteiger partial charge is 0.302 e. The highest BCUT2D eigenvalue weighted by molar-refractivity contribution is 5.66. The van der Waals surface area contributed by atoms with Crippen molar-refractivity contribution < 1.29 is 49.3 Å². The molecule has 0 amide bonds. The van der Waals surface area contributed by atoms with E-state index >= 15 is 0 Å². The second-order valence-electron chi connectivity index (χ2n) is 18.8. The zero-order chi connectivity index (χ0) is 34.3. The molecule has 10 nitrogen and oxygen atoms in total. The average Bonchev–Trinajstić information content (AvgIpc) is 3.30. The molecule has 5 aliphatic carbocycles. The molecule has 10 heteroatoms. The summed E-state index contributed by atoms with van der Waals surface area (Å²) in [6, 6.07) is 0. The van der Waals surface area contributed by atoms with E-state index in [1.807, 2.05) is 0 Å². The first kappa shape index (κ1) is 34.6. The van der Waals surface area contributed by atoms with Crippen LogP contribution in [0.5, 0.6) is 0 Å². The van der Waals surface area contributed by atoms with Gasteiger partial charge in [0.2, 0.25) is 0 Å². The van der Waals surface area contributed by atoms with Gasteiger partial charge in [-0.1, -0.05) is 27.7 Å². The maximum Gasteiger partial charge on any atom is 0.302 e. The molecule has 0 bridgehead atoms. The van der Waals surface area contributed by atoms with E-state index in [-0.39, 0.29) is 58.5 Å². The van der Waals surface area contributed by atoms with E-state index in [1.54, 1.807) is 13.8 Å². The number of hydrogen-bond acceptors (Lipinski definition) is 10. The number of hydrogen-bond donors (Lipinski definition) is 5. The van der Waals surface area contributed by atoms with E-state index < -0.39 is 47.3 Å². The molecular weight excluding hydrogens is 604 g/mol. The molecule has 7 rings (SSSR count). The summed E-state index contributed by atoms with van der Waals surface area (Å²) in [5, 5.41) is 54.3. The summed E-state index contributed by atoms with van der Waals surface area (Å²) in [4.78, 5) is 12.6. The summed E-state index contributed by atoms with van der Waals surface area (Å²) < 4.78 is 25.1. The van der Waals surface area contributed by atoms with E-state index in [1.165, 1.54) is 6.92 Å². The van der Waals surface area contributed by atoms with Gasteiger partial charge in [0.25, 0.3) is 0 Å². The van der Waals surface area contributed by atoms with Crippen LogP contribution in [-0.4, -0.2) is 98.3 Å². The highest BCUT2D eigenvalue weighted by Gasteiger charge is 2.85. The first-order valence-corrected chi connectivity index (χ1v) is 18.2. The molecule has 0 aromatic carbocycles. The van der Waals surface area contributed by atoms with Gasteiger partial charge >= 0.3 is 5.97 Å². The van der Waals surface area contributed by atoms with Crippen LogP contribution < -0.4 is 0 Å². The Kier molecular flexibility index (Phi) is 7.80. The number of rotatable bonds is 5. The van der Waals surface area contributed by atoms with Crippen molar-refractivity contribution in [2.75, 3.05) is 6.61 Å². The molecule has 0 unspecified atom stereocenters. The quantitative estimate of drug-likeness (QED) is 0.218. The van der Waals surface area contributed by atoms with Gasteiger partial charge in [0.05, 0.1) is 36.1 Å².